The largest absolute Gasteiger partial charge is 0.444 e. The van der Waals surface area contributed by atoms with Gasteiger partial charge in [0.2, 0.25) is 11.1 Å². The summed E-state index contributed by atoms with van der Waals surface area (Å²) in [6, 6.07) is 7.66. The van der Waals surface area contributed by atoms with Gasteiger partial charge in [-0.3, -0.25) is 9.59 Å². The van der Waals surface area contributed by atoms with Crippen molar-refractivity contribution < 1.29 is 33.8 Å². The Bertz CT molecular complexity index is 1480. The maximum Gasteiger partial charge on any atom is 0.410 e. The molecule has 1 aromatic carbocycles. The van der Waals surface area contributed by atoms with Crippen LogP contribution in [-0.4, -0.2) is 121 Å². The van der Waals surface area contributed by atoms with E-state index < -0.39 is 53.9 Å². The van der Waals surface area contributed by atoms with E-state index in [9.17, 15) is 24.3 Å². The van der Waals surface area contributed by atoms with Gasteiger partial charge in [-0.1, -0.05) is 74.2 Å². The van der Waals surface area contributed by atoms with Crippen LogP contribution in [0, 0.1) is 5.92 Å². The Labute approximate surface area is 327 Å². The smallest absolute Gasteiger partial charge is 0.410 e. The normalized spacial score (nSPS) is 17.9. The number of aromatic nitrogens is 4. The van der Waals surface area contributed by atoms with E-state index >= 15 is 0 Å². The predicted molar refractivity (Wildman–Crippen MR) is 208 cm³/mol. The van der Waals surface area contributed by atoms with E-state index in [1.807, 2.05) is 36.6 Å². The molecule has 0 bridgehead atoms. The van der Waals surface area contributed by atoms with Crippen molar-refractivity contribution in [3.8, 4) is 0 Å². The van der Waals surface area contributed by atoms with E-state index in [0.29, 0.717) is 55.6 Å². The van der Waals surface area contributed by atoms with Gasteiger partial charge in [0.1, 0.15) is 11.6 Å². The van der Waals surface area contributed by atoms with Crippen LogP contribution in [0.5, 0.6) is 0 Å². The second kappa shape index (κ2) is 21.5. The third-order valence-electron chi connectivity index (χ3n) is 9.57. The third kappa shape index (κ3) is 14.6. The number of likely N-dealkylation sites (tertiary alicyclic amines) is 1. The number of tetrazole rings is 1. The van der Waals surface area contributed by atoms with Crippen LogP contribution in [0.2, 0.25) is 0 Å². The lowest BCUT2D eigenvalue weighted by Crippen LogP contribution is -2.56. The maximum absolute atomic E-state index is 13.9. The Kier molecular flexibility index (Phi) is 17.2. The molecule has 4 N–H and O–H groups in total. The minimum absolute atomic E-state index is 0.115. The topological polar surface area (TPSA) is 190 Å². The Morgan fingerprint density at radius 1 is 1.00 bits per heavy atom. The Balaban J connectivity index is 1.40. The van der Waals surface area contributed by atoms with E-state index in [0.717, 1.165) is 31.2 Å². The minimum atomic E-state index is -1.20. The second-order valence-corrected chi connectivity index (χ2v) is 17.1. The molecule has 2 fully saturated rings. The van der Waals surface area contributed by atoms with E-state index in [-0.39, 0.29) is 18.2 Å². The number of nitrogens with one attached hydrogen (secondary N) is 3. The fourth-order valence-electron chi connectivity index (χ4n) is 6.70. The number of aliphatic hydroxyl groups excluding tert-OH is 1. The monoisotopic (exact) mass is 790 g/mol. The minimum Gasteiger partial charge on any atom is -0.444 e. The van der Waals surface area contributed by atoms with Gasteiger partial charge in [-0.15, -0.1) is 5.10 Å². The molecule has 2 aliphatic rings. The zero-order chi connectivity index (χ0) is 39.1. The van der Waals surface area contributed by atoms with Crippen LogP contribution in [0.25, 0.3) is 0 Å². The quantitative estimate of drug-likeness (QED) is 0.168. The fourth-order valence-corrected chi connectivity index (χ4v) is 8.13. The van der Waals surface area contributed by atoms with Crippen molar-refractivity contribution in [3.05, 3.63) is 35.9 Å². The molecule has 0 radical (unpaired) electrons. The summed E-state index contributed by atoms with van der Waals surface area (Å²) in [5.41, 5.74) is 0.175. The molecule has 300 valence electrons. The van der Waals surface area contributed by atoms with Crippen molar-refractivity contribution >= 4 is 47.5 Å². The van der Waals surface area contributed by atoms with Crippen LogP contribution in [0.15, 0.2) is 35.5 Å². The molecule has 1 saturated carbocycles. The summed E-state index contributed by atoms with van der Waals surface area (Å²) in [6.45, 7) is 6.05. The maximum atomic E-state index is 13.9. The lowest BCUT2D eigenvalue weighted by Gasteiger charge is -2.33. The van der Waals surface area contributed by atoms with Crippen molar-refractivity contribution in [1.82, 2.24) is 41.1 Å². The highest BCUT2D eigenvalue weighted by atomic mass is 32.2. The molecular formula is C37H58N8O7S2. The van der Waals surface area contributed by atoms with Crippen molar-refractivity contribution in [2.24, 2.45) is 13.0 Å². The summed E-state index contributed by atoms with van der Waals surface area (Å²) < 4.78 is 12.8. The highest BCUT2D eigenvalue weighted by Crippen LogP contribution is 2.29. The molecule has 54 heavy (non-hydrogen) atoms. The molecule has 2 aromatic rings. The molecule has 4 atom stereocenters. The van der Waals surface area contributed by atoms with Crippen LogP contribution in [0.1, 0.15) is 84.1 Å². The number of rotatable bonds is 17. The van der Waals surface area contributed by atoms with Crippen LogP contribution in [-0.2, 0) is 32.5 Å². The van der Waals surface area contributed by atoms with Gasteiger partial charge in [0.25, 0.3) is 5.91 Å². The van der Waals surface area contributed by atoms with Gasteiger partial charge in [0.05, 0.1) is 12.1 Å². The lowest BCUT2D eigenvalue weighted by molar-refractivity contribution is -0.134. The van der Waals surface area contributed by atoms with E-state index in [1.54, 1.807) is 32.5 Å². The first-order valence-corrected chi connectivity index (χ1v) is 21.3. The van der Waals surface area contributed by atoms with E-state index in [1.165, 1.54) is 34.8 Å². The number of nitrogens with zero attached hydrogens (tertiary/aromatic N) is 5. The third-order valence-corrected chi connectivity index (χ3v) is 11.3. The zero-order valence-corrected chi connectivity index (χ0v) is 33.8. The fraction of sp³-hybridized carbons (Fsp3) is 0.703. The Morgan fingerprint density at radius 3 is 2.33 bits per heavy atom. The molecule has 0 spiro atoms. The summed E-state index contributed by atoms with van der Waals surface area (Å²) in [6.07, 6.45) is 6.42. The number of alkyl carbamates (subject to hydrolysis) is 1. The molecule has 17 heteroatoms. The molecule has 2 heterocycles. The number of aliphatic hydroxyl groups is 1. The van der Waals surface area contributed by atoms with Crippen molar-refractivity contribution in [1.29, 1.82) is 0 Å². The summed E-state index contributed by atoms with van der Waals surface area (Å²) in [5.74, 6) is 0.244. The number of aryl methyl sites for hydroxylation is 1. The molecule has 0 unspecified atom stereocenters. The standard InChI is InChI=1S/C37H58N8O7S2/c1-37(2,3)52-35(49)38-27-16-19-45(20-17-27)36(50)51-31(23-26-14-10-7-11-15-26)33(48)40-29(24-53-5)32(47)39-28(22-25-12-8-6-9-13-25)30(46)18-21-54-34-41-42-43-44(34)4/h7,10-11,14-15,25,27-31,46H,6,8-9,12-13,16-24H2,1-5H3,(H,38,49)(H,39,47)(H,40,48)/t28-,29-,30-,31-/m0/s1. The van der Waals surface area contributed by atoms with Gasteiger partial charge in [0, 0.05) is 44.1 Å². The number of hydrogen-bond acceptors (Lipinski definition) is 12. The summed E-state index contributed by atoms with van der Waals surface area (Å²) in [5, 5.41) is 32.4. The molecule has 4 amide bonds. The average molecular weight is 791 g/mol. The number of benzene rings is 1. The Morgan fingerprint density at radius 2 is 1.70 bits per heavy atom. The van der Waals surface area contributed by atoms with Crippen molar-refractivity contribution in [2.75, 3.05) is 30.9 Å². The van der Waals surface area contributed by atoms with Gasteiger partial charge in [0.15, 0.2) is 6.10 Å². The zero-order valence-electron chi connectivity index (χ0n) is 32.2. The van der Waals surface area contributed by atoms with Crippen LogP contribution < -0.4 is 16.0 Å². The van der Waals surface area contributed by atoms with Gasteiger partial charge in [-0.25, -0.2) is 14.3 Å². The molecule has 1 saturated heterocycles. The van der Waals surface area contributed by atoms with Gasteiger partial charge < -0.3 is 35.4 Å². The molecular weight excluding hydrogens is 733 g/mol. The number of hydrogen-bond donors (Lipinski definition) is 4. The van der Waals surface area contributed by atoms with Gasteiger partial charge in [-0.05, 0) is 74.6 Å². The summed E-state index contributed by atoms with van der Waals surface area (Å²) in [4.78, 5) is 55.1. The predicted octanol–water partition coefficient (Wildman–Crippen LogP) is 4.09. The average Bonchev–Trinajstić information content (AvgIpc) is 3.55. The number of carbonyl (C=O) groups excluding carboxylic acids is 4. The molecule has 1 aromatic heterocycles. The number of ether oxygens (including phenoxy) is 2. The molecule has 4 rings (SSSR count). The van der Waals surface area contributed by atoms with Gasteiger partial charge in [-0.2, -0.15) is 11.8 Å². The molecule has 1 aliphatic carbocycles. The number of thioether (sulfide) groups is 2. The number of carbonyl (C=O) groups is 4. The second-order valence-electron chi connectivity index (χ2n) is 15.1. The molecule has 15 nitrogen and oxygen atoms in total. The van der Waals surface area contributed by atoms with Crippen molar-refractivity contribution in [2.45, 2.75) is 126 Å². The Hall–Kier alpha value is -3.57. The van der Waals surface area contributed by atoms with E-state index in [2.05, 4.69) is 31.5 Å². The SMILES string of the molecule is CSC[C@H](NC(=O)[C@H](Cc1ccccc1)OC(=O)N1CCC(NC(=O)OC(C)(C)C)CC1)C(=O)N[C@@H](CC1CCCCC1)[C@@H](O)CCSc1nnnn1C. The van der Waals surface area contributed by atoms with Crippen LogP contribution >= 0.6 is 23.5 Å². The van der Waals surface area contributed by atoms with Crippen LogP contribution in [0.3, 0.4) is 0 Å². The first kappa shape index (κ1) is 43.2. The highest BCUT2D eigenvalue weighted by molar-refractivity contribution is 7.99. The van der Waals surface area contributed by atoms with Crippen LogP contribution in [0.4, 0.5) is 9.59 Å². The number of piperidine rings is 1. The summed E-state index contributed by atoms with van der Waals surface area (Å²) in [7, 11) is 1.76. The highest BCUT2D eigenvalue weighted by Gasteiger charge is 2.34. The summed E-state index contributed by atoms with van der Waals surface area (Å²) >= 11 is 2.84. The first-order chi connectivity index (χ1) is 25.8. The lowest BCUT2D eigenvalue weighted by atomic mass is 9.83. The van der Waals surface area contributed by atoms with E-state index in [4.69, 9.17) is 9.47 Å². The molecule has 1 aliphatic heterocycles. The van der Waals surface area contributed by atoms with Crippen molar-refractivity contribution in [3.63, 3.8) is 0 Å². The first-order valence-electron chi connectivity index (χ1n) is 18.9. The number of amides is 4. The van der Waals surface area contributed by atoms with Gasteiger partial charge >= 0.3 is 12.2 Å².